The van der Waals surface area contributed by atoms with Gasteiger partial charge in [-0.15, -0.1) is 0 Å². The van der Waals surface area contributed by atoms with Gasteiger partial charge in [0.2, 0.25) is 0 Å². The van der Waals surface area contributed by atoms with Crippen molar-refractivity contribution in [3.05, 3.63) is 93.5 Å². The zero-order valence-corrected chi connectivity index (χ0v) is 16.2. The van der Waals surface area contributed by atoms with E-state index in [-0.39, 0.29) is 5.69 Å². The van der Waals surface area contributed by atoms with E-state index in [1.807, 2.05) is 43.3 Å². The van der Waals surface area contributed by atoms with Crippen molar-refractivity contribution in [1.29, 1.82) is 0 Å². The number of hydrazone groups is 1. The number of nitro groups is 1. The lowest BCUT2D eigenvalue weighted by molar-refractivity contribution is -0.384. The Morgan fingerprint density at radius 3 is 2.59 bits per heavy atom. The molecule has 0 aromatic heterocycles. The molecule has 0 saturated carbocycles. The summed E-state index contributed by atoms with van der Waals surface area (Å²) >= 11 is 0. The maximum atomic E-state index is 10.8. The van der Waals surface area contributed by atoms with E-state index in [4.69, 9.17) is 9.47 Å². The van der Waals surface area contributed by atoms with Gasteiger partial charge in [0, 0.05) is 12.1 Å². The molecule has 7 nitrogen and oxygen atoms in total. The van der Waals surface area contributed by atoms with Crippen LogP contribution in [0.1, 0.15) is 16.7 Å². The Bertz CT molecular complexity index is 1020. The van der Waals surface area contributed by atoms with E-state index in [0.29, 0.717) is 23.8 Å². The second kappa shape index (κ2) is 9.36. The minimum atomic E-state index is -0.448. The minimum Gasteiger partial charge on any atom is -0.493 e. The van der Waals surface area contributed by atoms with Gasteiger partial charge in [-0.3, -0.25) is 15.5 Å². The zero-order chi connectivity index (χ0) is 20.6. The number of nitrogens with one attached hydrogen (secondary N) is 1. The van der Waals surface area contributed by atoms with Crippen LogP contribution in [-0.4, -0.2) is 18.2 Å². The first-order valence-electron chi connectivity index (χ1n) is 8.95. The highest BCUT2D eigenvalue weighted by Crippen LogP contribution is 2.28. The number of hydrogen-bond acceptors (Lipinski definition) is 6. The minimum absolute atomic E-state index is 0.00133. The fraction of sp³-hybridized carbons (Fsp3) is 0.136. The molecule has 7 heteroatoms. The highest BCUT2D eigenvalue weighted by molar-refractivity contribution is 5.81. The van der Waals surface area contributed by atoms with Crippen LogP contribution in [0.2, 0.25) is 0 Å². The number of methoxy groups -OCH3 is 1. The highest BCUT2D eigenvalue weighted by atomic mass is 16.6. The van der Waals surface area contributed by atoms with Gasteiger partial charge >= 0.3 is 0 Å². The largest absolute Gasteiger partial charge is 0.493 e. The third kappa shape index (κ3) is 5.55. The molecule has 148 valence electrons. The van der Waals surface area contributed by atoms with Crippen molar-refractivity contribution in [2.45, 2.75) is 13.5 Å². The van der Waals surface area contributed by atoms with Crippen molar-refractivity contribution in [1.82, 2.24) is 0 Å². The van der Waals surface area contributed by atoms with E-state index >= 15 is 0 Å². The average molecular weight is 391 g/mol. The van der Waals surface area contributed by atoms with Gasteiger partial charge in [0.25, 0.3) is 5.69 Å². The standard InChI is InChI=1S/C22H21N3O4/c1-16-6-8-17(9-7-16)15-29-22-12-18(10-11-21(22)28-2)14-23-24-19-4-3-5-20(13-19)25(26)27/h3-14,24H,15H2,1-2H3. The quantitative estimate of drug-likeness (QED) is 0.334. The molecule has 1 N–H and O–H groups in total. The number of benzene rings is 3. The Labute approximate surface area is 168 Å². The second-order valence-corrected chi connectivity index (χ2v) is 6.36. The number of nitro benzene ring substituents is 1. The monoisotopic (exact) mass is 391 g/mol. The number of aryl methyl sites for hydroxylation is 1. The van der Waals surface area contributed by atoms with E-state index in [2.05, 4.69) is 10.5 Å². The summed E-state index contributed by atoms with van der Waals surface area (Å²) in [5.74, 6) is 1.23. The van der Waals surface area contributed by atoms with Crippen molar-refractivity contribution in [3.8, 4) is 11.5 Å². The summed E-state index contributed by atoms with van der Waals surface area (Å²) in [6.45, 7) is 2.46. The topological polar surface area (TPSA) is 86.0 Å². The van der Waals surface area contributed by atoms with Crippen LogP contribution in [0.5, 0.6) is 11.5 Å². The summed E-state index contributed by atoms with van der Waals surface area (Å²) in [5.41, 5.74) is 6.37. The Morgan fingerprint density at radius 1 is 1.07 bits per heavy atom. The molecule has 0 bridgehead atoms. The lowest BCUT2D eigenvalue weighted by Crippen LogP contribution is -1.99. The lowest BCUT2D eigenvalue weighted by Gasteiger charge is -2.11. The summed E-state index contributed by atoms with van der Waals surface area (Å²) in [5, 5.41) is 15.0. The molecule has 0 spiro atoms. The third-order valence-electron chi connectivity index (χ3n) is 4.17. The van der Waals surface area contributed by atoms with E-state index in [0.717, 1.165) is 11.1 Å². The molecule has 3 rings (SSSR count). The number of rotatable bonds is 8. The molecule has 0 unspecified atom stereocenters. The van der Waals surface area contributed by atoms with Crippen molar-refractivity contribution < 1.29 is 14.4 Å². The van der Waals surface area contributed by atoms with Gasteiger partial charge in [-0.05, 0) is 42.3 Å². The maximum Gasteiger partial charge on any atom is 0.271 e. The molecular formula is C22H21N3O4. The van der Waals surface area contributed by atoms with Crippen molar-refractivity contribution in [2.24, 2.45) is 5.10 Å². The molecule has 0 heterocycles. The van der Waals surface area contributed by atoms with Gasteiger partial charge in [0.1, 0.15) is 6.61 Å². The fourth-order valence-corrected chi connectivity index (χ4v) is 2.60. The number of ether oxygens (including phenoxy) is 2. The fourth-order valence-electron chi connectivity index (χ4n) is 2.60. The van der Waals surface area contributed by atoms with Crippen LogP contribution < -0.4 is 14.9 Å². The molecule has 0 radical (unpaired) electrons. The SMILES string of the molecule is COc1ccc(C=NNc2cccc([N+](=O)[O-])c2)cc1OCc1ccc(C)cc1. The van der Waals surface area contributed by atoms with Crippen LogP contribution in [-0.2, 0) is 6.61 Å². The van der Waals surface area contributed by atoms with Gasteiger partial charge in [0.15, 0.2) is 11.5 Å². The molecule has 0 atom stereocenters. The van der Waals surface area contributed by atoms with Gasteiger partial charge in [0.05, 0.1) is 23.9 Å². The van der Waals surface area contributed by atoms with Crippen molar-refractivity contribution in [2.75, 3.05) is 12.5 Å². The van der Waals surface area contributed by atoms with Crippen LogP contribution in [0.3, 0.4) is 0 Å². The van der Waals surface area contributed by atoms with Crippen LogP contribution in [0.4, 0.5) is 11.4 Å². The molecule has 3 aromatic carbocycles. The summed E-state index contributed by atoms with van der Waals surface area (Å²) in [7, 11) is 1.59. The van der Waals surface area contributed by atoms with E-state index in [9.17, 15) is 10.1 Å². The Morgan fingerprint density at radius 2 is 1.86 bits per heavy atom. The average Bonchev–Trinajstić information content (AvgIpc) is 2.73. The number of anilines is 1. The first-order chi connectivity index (χ1) is 14.0. The summed E-state index contributed by atoms with van der Waals surface area (Å²) in [6, 6.07) is 19.7. The Hall–Kier alpha value is -3.87. The number of non-ortho nitro benzene ring substituents is 1. The van der Waals surface area contributed by atoms with Crippen molar-refractivity contribution in [3.63, 3.8) is 0 Å². The smallest absolute Gasteiger partial charge is 0.271 e. The third-order valence-corrected chi connectivity index (χ3v) is 4.17. The molecule has 3 aromatic rings. The van der Waals surface area contributed by atoms with E-state index in [1.54, 1.807) is 31.5 Å². The normalized spacial score (nSPS) is 10.7. The molecule has 0 saturated heterocycles. The van der Waals surface area contributed by atoms with Gasteiger partial charge in [-0.1, -0.05) is 35.9 Å². The molecule has 0 amide bonds. The molecule has 0 aliphatic carbocycles. The molecule has 29 heavy (non-hydrogen) atoms. The Balaban J connectivity index is 1.69. The highest BCUT2D eigenvalue weighted by Gasteiger charge is 2.07. The van der Waals surface area contributed by atoms with Crippen LogP contribution in [0, 0.1) is 17.0 Å². The summed E-state index contributed by atoms with van der Waals surface area (Å²) in [6.07, 6.45) is 1.61. The van der Waals surface area contributed by atoms with Crippen LogP contribution in [0.15, 0.2) is 71.8 Å². The summed E-state index contributed by atoms with van der Waals surface area (Å²) in [4.78, 5) is 10.4. The van der Waals surface area contributed by atoms with Crippen LogP contribution in [0.25, 0.3) is 0 Å². The maximum absolute atomic E-state index is 10.8. The van der Waals surface area contributed by atoms with Gasteiger partial charge in [-0.2, -0.15) is 5.10 Å². The summed E-state index contributed by atoms with van der Waals surface area (Å²) < 4.78 is 11.3. The molecular weight excluding hydrogens is 370 g/mol. The first-order valence-corrected chi connectivity index (χ1v) is 8.95. The van der Waals surface area contributed by atoms with Crippen LogP contribution >= 0.6 is 0 Å². The van der Waals surface area contributed by atoms with E-state index < -0.39 is 4.92 Å². The van der Waals surface area contributed by atoms with E-state index in [1.165, 1.54) is 17.7 Å². The van der Waals surface area contributed by atoms with Gasteiger partial charge < -0.3 is 9.47 Å². The second-order valence-electron chi connectivity index (χ2n) is 6.36. The predicted molar refractivity (Wildman–Crippen MR) is 113 cm³/mol. The Kier molecular flexibility index (Phi) is 6.42. The number of hydrogen-bond donors (Lipinski definition) is 1. The number of nitrogens with zero attached hydrogens (tertiary/aromatic N) is 2. The molecule has 0 fully saturated rings. The first kappa shape index (κ1) is 19.9. The zero-order valence-electron chi connectivity index (χ0n) is 16.2. The lowest BCUT2D eigenvalue weighted by atomic mass is 10.1. The van der Waals surface area contributed by atoms with Crippen molar-refractivity contribution >= 4 is 17.6 Å². The molecule has 0 aliphatic heterocycles. The van der Waals surface area contributed by atoms with Gasteiger partial charge in [-0.25, -0.2) is 0 Å². The molecule has 0 aliphatic rings. The predicted octanol–water partition coefficient (Wildman–Crippen LogP) is 4.94.